The fourth-order valence-corrected chi connectivity index (χ4v) is 4.64. The Kier molecular flexibility index (Phi) is 9.29. The third kappa shape index (κ3) is 7.62. The number of benzene rings is 2. The molecule has 34 heavy (non-hydrogen) atoms. The van der Waals surface area contributed by atoms with Crippen molar-refractivity contribution in [1.29, 1.82) is 0 Å². The van der Waals surface area contributed by atoms with Gasteiger partial charge in [0.15, 0.2) is 0 Å². The molecule has 1 unspecified atom stereocenters. The van der Waals surface area contributed by atoms with Crippen molar-refractivity contribution in [2.24, 2.45) is 5.92 Å². The Labute approximate surface area is 223 Å². The summed E-state index contributed by atoms with van der Waals surface area (Å²) in [5.74, 6) is 0.134. The highest BCUT2D eigenvalue weighted by Crippen LogP contribution is 2.35. The molecule has 0 aromatic heterocycles. The van der Waals surface area contributed by atoms with Crippen LogP contribution in [0.3, 0.4) is 0 Å². The molecule has 0 saturated carbocycles. The van der Waals surface area contributed by atoms with Crippen LogP contribution < -0.4 is 10.1 Å². The molecule has 10 heteroatoms. The van der Waals surface area contributed by atoms with Crippen molar-refractivity contribution in [3.63, 3.8) is 0 Å². The fourth-order valence-electron chi connectivity index (χ4n) is 3.09. The second kappa shape index (κ2) is 11.8. The zero-order valence-electron chi connectivity index (χ0n) is 18.5. The monoisotopic (exact) mass is 556 g/mol. The first kappa shape index (κ1) is 26.8. The molecule has 180 valence electrons. The molecule has 1 heterocycles. The van der Waals surface area contributed by atoms with E-state index < -0.39 is 10.0 Å². The van der Waals surface area contributed by atoms with Crippen molar-refractivity contribution in [3.8, 4) is 5.75 Å². The van der Waals surface area contributed by atoms with Crippen LogP contribution in [0.25, 0.3) is 6.08 Å². The first-order chi connectivity index (χ1) is 16.0. The number of nitrogens with one attached hydrogen (secondary N) is 1. The van der Waals surface area contributed by atoms with Gasteiger partial charge in [-0.1, -0.05) is 115 Å². The molecule has 1 N–H and O–H groups in total. The summed E-state index contributed by atoms with van der Waals surface area (Å²) in [6.07, 6.45) is 0.885. The maximum absolute atomic E-state index is 12.9. The van der Waals surface area contributed by atoms with Crippen LogP contribution in [-0.4, -0.2) is 31.1 Å². The molecule has 0 bridgehead atoms. The van der Waals surface area contributed by atoms with E-state index in [2.05, 4.69) is 5.32 Å². The van der Waals surface area contributed by atoms with Gasteiger partial charge in [-0.3, -0.25) is 14.5 Å². The molecule has 0 spiro atoms. The maximum Gasteiger partial charge on any atom is 0.266 e. The van der Waals surface area contributed by atoms with Crippen LogP contribution in [0.5, 0.6) is 5.75 Å². The van der Waals surface area contributed by atoms with Gasteiger partial charge >= 0.3 is 0 Å². The first-order valence-electron chi connectivity index (χ1n) is 10.4. The van der Waals surface area contributed by atoms with Crippen LogP contribution in [0, 0.1) is 5.92 Å². The topological polar surface area (TPSA) is 58.6 Å². The number of halogens is 3. The van der Waals surface area contributed by atoms with E-state index >= 15 is 0 Å². The van der Waals surface area contributed by atoms with Crippen molar-refractivity contribution in [3.05, 3.63) is 70.6 Å². The Morgan fingerprint density at radius 1 is 1.15 bits per heavy atom. The number of thioether (sulfide) groups is 1. The molecular weight excluding hydrogens is 535 g/mol. The van der Waals surface area contributed by atoms with E-state index in [0.717, 1.165) is 11.1 Å². The number of thiocarbonyl (C=S) groups is 1. The fraction of sp³-hybridized carbons (Fsp3) is 0.292. The lowest BCUT2D eigenvalue weighted by Crippen LogP contribution is -2.48. The molecule has 1 aliphatic rings. The Bertz CT molecular complexity index is 1070. The minimum Gasteiger partial charge on any atom is -0.466 e. The second-order valence-corrected chi connectivity index (χ2v) is 12.1. The maximum atomic E-state index is 12.9. The Balaban J connectivity index is 1.68. The van der Waals surface area contributed by atoms with Gasteiger partial charge in [-0.25, -0.2) is 0 Å². The van der Waals surface area contributed by atoms with Crippen molar-refractivity contribution < 1.29 is 14.3 Å². The highest BCUT2D eigenvalue weighted by molar-refractivity contribution is 8.26. The summed E-state index contributed by atoms with van der Waals surface area (Å²) in [4.78, 5) is 27.1. The van der Waals surface area contributed by atoms with Gasteiger partial charge in [0, 0.05) is 6.42 Å². The summed E-state index contributed by atoms with van der Waals surface area (Å²) in [7, 11) is 0. The van der Waals surface area contributed by atoms with Crippen molar-refractivity contribution in [2.75, 3.05) is 0 Å². The molecule has 2 amide bonds. The van der Waals surface area contributed by atoms with Crippen LogP contribution in [0.2, 0.25) is 0 Å². The van der Waals surface area contributed by atoms with Gasteiger partial charge in [-0.05, 0) is 35.3 Å². The number of nitrogens with zero attached hydrogens (tertiary/aromatic N) is 1. The van der Waals surface area contributed by atoms with E-state index in [1.807, 2.05) is 44.2 Å². The van der Waals surface area contributed by atoms with E-state index in [-0.39, 0.29) is 24.2 Å². The predicted molar refractivity (Wildman–Crippen MR) is 144 cm³/mol. The summed E-state index contributed by atoms with van der Waals surface area (Å²) in [5.41, 5.74) is 1.78. The molecule has 2 aromatic rings. The lowest BCUT2D eigenvalue weighted by molar-refractivity contribution is -0.124. The standard InChI is InChI=1S/C24H23Cl3N2O3S2/c1-15(2)12-20(30)28-22(24(25,26)27)32-18-10-8-16(9-11-18)13-19-21(31)29(23(33)34-19)14-17-6-4-3-5-7-17/h3-11,13,15,22H,12,14H2,1-2H3,(H,28,30). The predicted octanol–water partition coefficient (Wildman–Crippen LogP) is 6.33. The van der Waals surface area contributed by atoms with Crippen LogP contribution in [0.4, 0.5) is 0 Å². The Morgan fingerprint density at radius 3 is 2.38 bits per heavy atom. The SMILES string of the molecule is CC(C)CC(=O)NC(Oc1ccc(C=C2SC(=S)N(Cc3ccccc3)C2=O)cc1)C(Cl)(Cl)Cl. The molecule has 5 nitrogen and oxygen atoms in total. The van der Waals surface area contributed by atoms with Crippen molar-refractivity contribution in [2.45, 2.75) is 36.8 Å². The molecule has 0 radical (unpaired) electrons. The van der Waals surface area contributed by atoms with Gasteiger partial charge in [0.2, 0.25) is 15.9 Å². The lowest BCUT2D eigenvalue weighted by atomic mass is 10.1. The third-order valence-corrected chi connectivity index (χ3v) is 6.64. The van der Waals surface area contributed by atoms with E-state index in [1.54, 1.807) is 35.2 Å². The van der Waals surface area contributed by atoms with Crippen LogP contribution >= 0.6 is 58.8 Å². The number of ether oxygens (including phenoxy) is 1. The zero-order valence-corrected chi connectivity index (χ0v) is 22.4. The summed E-state index contributed by atoms with van der Waals surface area (Å²) < 4.78 is 4.38. The highest BCUT2D eigenvalue weighted by atomic mass is 35.6. The quantitative estimate of drug-likeness (QED) is 0.178. The van der Waals surface area contributed by atoms with Gasteiger partial charge in [-0.2, -0.15) is 0 Å². The highest BCUT2D eigenvalue weighted by Gasteiger charge is 2.36. The van der Waals surface area contributed by atoms with Crippen LogP contribution in [0.1, 0.15) is 31.4 Å². The van der Waals surface area contributed by atoms with E-state index in [9.17, 15) is 9.59 Å². The van der Waals surface area contributed by atoms with Crippen LogP contribution in [-0.2, 0) is 16.1 Å². The Morgan fingerprint density at radius 2 is 1.79 bits per heavy atom. The number of hydrogen-bond donors (Lipinski definition) is 1. The van der Waals surface area contributed by atoms with E-state index in [1.165, 1.54) is 11.8 Å². The smallest absolute Gasteiger partial charge is 0.266 e. The van der Waals surface area contributed by atoms with E-state index in [0.29, 0.717) is 21.5 Å². The average molecular weight is 558 g/mol. The second-order valence-electron chi connectivity index (χ2n) is 8.03. The Hall–Kier alpha value is -1.77. The van der Waals surface area contributed by atoms with Crippen molar-refractivity contribution >= 4 is 81.0 Å². The molecule has 3 rings (SSSR count). The van der Waals surface area contributed by atoms with Crippen molar-refractivity contribution in [1.82, 2.24) is 10.2 Å². The molecule has 1 fully saturated rings. The normalized spacial score (nSPS) is 16.3. The first-order valence-corrected chi connectivity index (χ1v) is 12.8. The molecule has 0 aliphatic carbocycles. The third-order valence-electron chi connectivity index (χ3n) is 4.67. The largest absolute Gasteiger partial charge is 0.466 e. The van der Waals surface area contributed by atoms with Crippen LogP contribution in [0.15, 0.2) is 59.5 Å². The minimum atomic E-state index is -1.86. The average Bonchev–Trinajstić information content (AvgIpc) is 3.01. The lowest BCUT2D eigenvalue weighted by Gasteiger charge is -2.26. The number of hydrogen-bond acceptors (Lipinski definition) is 5. The summed E-state index contributed by atoms with van der Waals surface area (Å²) >= 11 is 24.7. The number of alkyl halides is 3. The molecule has 1 aliphatic heterocycles. The number of amides is 2. The molecular formula is C24H23Cl3N2O3S2. The molecule has 1 saturated heterocycles. The number of carbonyl (C=O) groups excluding carboxylic acids is 2. The van der Waals surface area contributed by atoms with E-state index in [4.69, 9.17) is 51.8 Å². The van der Waals surface area contributed by atoms with Gasteiger partial charge in [0.05, 0.1) is 11.4 Å². The number of carbonyl (C=O) groups is 2. The molecule has 2 aromatic carbocycles. The van der Waals surface area contributed by atoms with Gasteiger partial charge < -0.3 is 10.1 Å². The van der Waals surface area contributed by atoms with Gasteiger partial charge in [0.25, 0.3) is 5.91 Å². The summed E-state index contributed by atoms with van der Waals surface area (Å²) in [6, 6.07) is 16.6. The molecule has 1 atom stereocenters. The number of rotatable bonds is 8. The van der Waals surface area contributed by atoms with Gasteiger partial charge in [0.1, 0.15) is 10.1 Å². The summed E-state index contributed by atoms with van der Waals surface area (Å²) in [5, 5.41) is 2.61. The minimum absolute atomic E-state index is 0.136. The van der Waals surface area contributed by atoms with Gasteiger partial charge in [-0.15, -0.1) is 0 Å². The summed E-state index contributed by atoms with van der Waals surface area (Å²) in [6.45, 7) is 4.26. The zero-order chi connectivity index (χ0) is 24.9.